The third kappa shape index (κ3) is 3.44. The summed E-state index contributed by atoms with van der Waals surface area (Å²) in [4.78, 5) is 18.3. The van der Waals surface area contributed by atoms with Gasteiger partial charge in [0.05, 0.1) is 0 Å². The topological polar surface area (TPSA) is 59.2 Å². The minimum Gasteiger partial charge on any atom is -0.339 e. The molecule has 1 unspecified atom stereocenters. The molecule has 0 radical (unpaired) electrons. The molecule has 0 aromatic carbocycles. The third-order valence-electron chi connectivity index (χ3n) is 3.85. The molecule has 1 atom stereocenters. The van der Waals surface area contributed by atoms with Gasteiger partial charge in [-0.25, -0.2) is 0 Å². The Morgan fingerprint density at radius 2 is 2.50 bits per heavy atom. The minimum absolute atomic E-state index is 0.0942. The molecular weight excluding hydrogens is 298 g/mol. The van der Waals surface area contributed by atoms with Crippen molar-refractivity contribution in [3.05, 3.63) is 34.9 Å². The van der Waals surface area contributed by atoms with Crippen molar-refractivity contribution in [2.24, 2.45) is 5.92 Å². The van der Waals surface area contributed by atoms with Crippen LogP contribution in [0.5, 0.6) is 0 Å². The summed E-state index contributed by atoms with van der Waals surface area (Å²) in [5.41, 5.74) is 0.994. The highest BCUT2D eigenvalue weighted by Crippen LogP contribution is 2.23. The predicted molar refractivity (Wildman–Crippen MR) is 85.4 cm³/mol. The Balaban J connectivity index is 1.62. The molecule has 3 heterocycles. The van der Waals surface area contributed by atoms with Crippen LogP contribution in [0.1, 0.15) is 25.7 Å². The van der Waals surface area contributed by atoms with E-state index in [4.69, 9.17) is 4.52 Å². The zero-order chi connectivity index (χ0) is 15.4. The average Bonchev–Trinajstić information content (AvgIpc) is 3.18. The molecule has 1 aliphatic heterocycles. The van der Waals surface area contributed by atoms with Crippen molar-refractivity contribution < 1.29 is 9.32 Å². The zero-order valence-corrected chi connectivity index (χ0v) is 13.4. The second kappa shape index (κ2) is 6.87. The quantitative estimate of drug-likeness (QED) is 0.813. The summed E-state index contributed by atoms with van der Waals surface area (Å²) >= 11 is 1.62. The summed E-state index contributed by atoms with van der Waals surface area (Å²) in [6, 6.07) is 1.98. The first-order chi connectivity index (χ1) is 10.8. The second-order valence-corrected chi connectivity index (χ2v) is 6.30. The molecular formula is C16H19N3O2S. The van der Waals surface area contributed by atoms with Gasteiger partial charge in [-0.2, -0.15) is 16.3 Å². The molecule has 3 rings (SSSR count). The standard InChI is InChI=1S/C16H19N3O2S/c1-2-4-15(20)19-7-3-5-12(10-19)9-14-17-16(18-21-14)13-6-8-22-11-13/h2,4,6,8,11-12H,3,5,7,9-10H2,1H3/b4-2-. The van der Waals surface area contributed by atoms with E-state index in [0.717, 1.165) is 37.9 Å². The Labute approximate surface area is 133 Å². The smallest absolute Gasteiger partial charge is 0.246 e. The van der Waals surface area contributed by atoms with Gasteiger partial charge in [-0.3, -0.25) is 4.79 Å². The summed E-state index contributed by atoms with van der Waals surface area (Å²) in [6.45, 7) is 3.47. The summed E-state index contributed by atoms with van der Waals surface area (Å²) in [7, 11) is 0. The van der Waals surface area contributed by atoms with E-state index in [2.05, 4.69) is 10.1 Å². The van der Waals surface area contributed by atoms with Crippen LogP contribution in [-0.4, -0.2) is 34.0 Å². The first kappa shape index (κ1) is 15.0. The van der Waals surface area contributed by atoms with Gasteiger partial charge in [-0.05, 0) is 43.2 Å². The number of hydrogen-bond donors (Lipinski definition) is 0. The van der Waals surface area contributed by atoms with Crippen LogP contribution in [0.2, 0.25) is 0 Å². The molecule has 1 aliphatic rings. The molecule has 0 N–H and O–H groups in total. The van der Waals surface area contributed by atoms with Gasteiger partial charge in [0.25, 0.3) is 0 Å². The molecule has 0 aliphatic carbocycles. The number of aromatic nitrogens is 2. The predicted octanol–water partition coefficient (Wildman–Crippen LogP) is 3.16. The first-order valence-corrected chi connectivity index (χ1v) is 8.47. The lowest BCUT2D eigenvalue weighted by molar-refractivity contribution is -0.127. The molecule has 0 bridgehead atoms. The lowest BCUT2D eigenvalue weighted by atomic mass is 9.94. The largest absolute Gasteiger partial charge is 0.339 e. The SMILES string of the molecule is C/C=C\C(=O)N1CCCC(Cc2nc(-c3ccsc3)no2)C1. The Bertz CT molecular complexity index is 648. The van der Waals surface area contributed by atoms with Gasteiger partial charge in [-0.1, -0.05) is 11.2 Å². The Morgan fingerprint density at radius 3 is 3.27 bits per heavy atom. The lowest BCUT2D eigenvalue weighted by Crippen LogP contribution is -2.39. The van der Waals surface area contributed by atoms with E-state index in [1.807, 2.05) is 28.7 Å². The van der Waals surface area contributed by atoms with Crippen molar-refractivity contribution in [3.8, 4) is 11.4 Å². The fourth-order valence-electron chi connectivity index (χ4n) is 2.77. The molecule has 5 nitrogen and oxygen atoms in total. The van der Waals surface area contributed by atoms with Crippen molar-refractivity contribution >= 4 is 17.2 Å². The second-order valence-electron chi connectivity index (χ2n) is 5.52. The van der Waals surface area contributed by atoms with Crippen LogP contribution in [0.25, 0.3) is 11.4 Å². The average molecular weight is 317 g/mol. The maximum absolute atomic E-state index is 11.9. The summed E-state index contributed by atoms with van der Waals surface area (Å²) in [6.07, 6.45) is 6.27. The fraction of sp³-hybridized carbons (Fsp3) is 0.438. The Kier molecular flexibility index (Phi) is 4.68. The molecule has 1 fully saturated rings. The number of hydrogen-bond acceptors (Lipinski definition) is 5. The van der Waals surface area contributed by atoms with E-state index in [9.17, 15) is 4.79 Å². The van der Waals surface area contributed by atoms with E-state index in [-0.39, 0.29) is 5.91 Å². The van der Waals surface area contributed by atoms with E-state index in [1.54, 1.807) is 23.5 Å². The first-order valence-electron chi connectivity index (χ1n) is 7.53. The molecule has 116 valence electrons. The number of amides is 1. The zero-order valence-electron chi connectivity index (χ0n) is 12.6. The number of likely N-dealkylation sites (tertiary alicyclic amines) is 1. The molecule has 0 spiro atoms. The van der Waals surface area contributed by atoms with E-state index >= 15 is 0 Å². The van der Waals surface area contributed by atoms with Gasteiger partial charge in [0.1, 0.15) is 0 Å². The molecule has 2 aromatic heterocycles. The number of thiophene rings is 1. The van der Waals surface area contributed by atoms with Crippen LogP contribution < -0.4 is 0 Å². The van der Waals surface area contributed by atoms with Gasteiger partial charge in [0.15, 0.2) is 0 Å². The highest BCUT2D eigenvalue weighted by Gasteiger charge is 2.24. The number of carbonyl (C=O) groups excluding carboxylic acids is 1. The van der Waals surface area contributed by atoms with Crippen LogP contribution in [0, 0.1) is 5.92 Å². The van der Waals surface area contributed by atoms with Crippen molar-refractivity contribution in [2.45, 2.75) is 26.2 Å². The van der Waals surface area contributed by atoms with E-state index < -0.39 is 0 Å². The molecule has 22 heavy (non-hydrogen) atoms. The van der Waals surface area contributed by atoms with Gasteiger partial charge in [-0.15, -0.1) is 0 Å². The third-order valence-corrected chi connectivity index (χ3v) is 4.53. The normalized spacial score (nSPS) is 19.0. The van der Waals surface area contributed by atoms with Crippen molar-refractivity contribution in [1.29, 1.82) is 0 Å². The van der Waals surface area contributed by atoms with Gasteiger partial charge < -0.3 is 9.42 Å². The van der Waals surface area contributed by atoms with Gasteiger partial charge in [0, 0.05) is 30.5 Å². The van der Waals surface area contributed by atoms with E-state index in [1.165, 1.54) is 0 Å². The van der Waals surface area contributed by atoms with Crippen LogP contribution in [0.15, 0.2) is 33.5 Å². The highest BCUT2D eigenvalue weighted by molar-refractivity contribution is 7.08. The van der Waals surface area contributed by atoms with E-state index in [0.29, 0.717) is 17.6 Å². The van der Waals surface area contributed by atoms with Crippen molar-refractivity contribution in [2.75, 3.05) is 13.1 Å². The lowest BCUT2D eigenvalue weighted by Gasteiger charge is -2.31. The molecule has 2 aromatic rings. The van der Waals surface area contributed by atoms with Crippen molar-refractivity contribution in [3.63, 3.8) is 0 Å². The monoisotopic (exact) mass is 317 g/mol. The number of rotatable bonds is 4. The molecule has 0 saturated carbocycles. The number of allylic oxidation sites excluding steroid dienone is 1. The van der Waals surface area contributed by atoms with Crippen LogP contribution in [0.4, 0.5) is 0 Å². The van der Waals surface area contributed by atoms with Crippen molar-refractivity contribution in [1.82, 2.24) is 15.0 Å². The molecule has 1 amide bonds. The Hall–Kier alpha value is -1.95. The maximum Gasteiger partial charge on any atom is 0.246 e. The Morgan fingerprint density at radius 1 is 1.59 bits per heavy atom. The summed E-state index contributed by atoms with van der Waals surface area (Å²) in [5.74, 6) is 1.79. The van der Waals surface area contributed by atoms with Crippen LogP contribution >= 0.6 is 11.3 Å². The van der Waals surface area contributed by atoms with Gasteiger partial charge >= 0.3 is 0 Å². The number of piperidine rings is 1. The van der Waals surface area contributed by atoms with Gasteiger partial charge in [0.2, 0.25) is 17.6 Å². The minimum atomic E-state index is 0.0942. The fourth-order valence-corrected chi connectivity index (χ4v) is 3.41. The highest BCUT2D eigenvalue weighted by atomic mass is 32.1. The number of carbonyl (C=O) groups is 1. The van der Waals surface area contributed by atoms with Crippen LogP contribution in [-0.2, 0) is 11.2 Å². The molecule has 1 saturated heterocycles. The maximum atomic E-state index is 11.9. The number of nitrogens with zero attached hydrogens (tertiary/aromatic N) is 3. The van der Waals surface area contributed by atoms with Crippen LogP contribution in [0.3, 0.4) is 0 Å². The summed E-state index contributed by atoms with van der Waals surface area (Å²) in [5, 5.41) is 8.04. The summed E-state index contributed by atoms with van der Waals surface area (Å²) < 4.78 is 5.36. The molecule has 6 heteroatoms.